The van der Waals surface area contributed by atoms with Crippen LogP contribution in [0.1, 0.15) is 23.0 Å². The number of aryl methyl sites for hydroxylation is 1. The van der Waals surface area contributed by atoms with Gasteiger partial charge in [0.05, 0.1) is 40.4 Å². The quantitative estimate of drug-likeness (QED) is 0.675. The van der Waals surface area contributed by atoms with Gasteiger partial charge in [0.25, 0.3) is 5.71 Å². The van der Waals surface area contributed by atoms with Crippen LogP contribution in [0, 0.1) is 12.3 Å². The number of thiophene rings is 1. The third kappa shape index (κ3) is 2.59. The lowest BCUT2D eigenvalue weighted by Gasteiger charge is -2.37. The van der Waals surface area contributed by atoms with Crippen molar-refractivity contribution in [2.75, 3.05) is 19.8 Å². The summed E-state index contributed by atoms with van der Waals surface area (Å²) >= 11 is 1.55. The Morgan fingerprint density at radius 1 is 1.46 bits per heavy atom. The predicted molar refractivity (Wildman–Crippen MR) is 89.1 cm³/mol. The zero-order valence-corrected chi connectivity index (χ0v) is 14.2. The standard InChI is InChI=1S/C17H16N2O4S/c1-10-14-11(16(20)22-9-17(2)7-21-8-17)6-12(13-4-3-5-24-13)18-15(14)23-19-10/h3-6H,7-9H2,1-2H3. The van der Waals surface area contributed by atoms with Gasteiger partial charge in [-0.15, -0.1) is 11.3 Å². The minimum atomic E-state index is -0.389. The Labute approximate surface area is 142 Å². The summed E-state index contributed by atoms with van der Waals surface area (Å²) in [7, 11) is 0. The topological polar surface area (TPSA) is 74.5 Å². The van der Waals surface area contributed by atoms with Gasteiger partial charge in [0, 0.05) is 5.41 Å². The maximum Gasteiger partial charge on any atom is 0.339 e. The average molecular weight is 344 g/mol. The molecule has 3 aromatic rings. The minimum absolute atomic E-state index is 0.0952. The smallest absolute Gasteiger partial charge is 0.339 e. The number of esters is 1. The Balaban J connectivity index is 1.72. The molecule has 0 radical (unpaired) electrons. The second-order valence-corrected chi connectivity index (χ2v) is 7.31. The molecule has 0 atom stereocenters. The van der Waals surface area contributed by atoms with Gasteiger partial charge in [-0.1, -0.05) is 18.1 Å². The molecule has 7 heteroatoms. The Kier molecular flexibility index (Phi) is 3.62. The van der Waals surface area contributed by atoms with E-state index in [0.717, 1.165) is 4.88 Å². The number of carbonyl (C=O) groups excluding carboxylic acids is 1. The molecular formula is C17H16N2O4S. The fourth-order valence-corrected chi connectivity index (χ4v) is 3.34. The Hall–Kier alpha value is -2.25. The lowest BCUT2D eigenvalue weighted by Crippen LogP contribution is -2.44. The molecule has 0 aromatic carbocycles. The third-order valence-electron chi connectivity index (χ3n) is 4.06. The van der Waals surface area contributed by atoms with Crippen molar-refractivity contribution in [3.63, 3.8) is 0 Å². The van der Waals surface area contributed by atoms with E-state index in [1.165, 1.54) is 0 Å². The van der Waals surface area contributed by atoms with E-state index >= 15 is 0 Å². The number of aromatic nitrogens is 2. The van der Waals surface area contributed by atoms with Crippen LogP contribution in [0.3, 0.4) is 0 Å². The van der Waals surface area contributed by atoms with Crippen LogP contribution >= 0.6 is 11.3 Å². The molecule has 4 rings (SSSR count). The van der Waals surface area contributed by atoms with E-state index in [1.807, 2.05) is 24.4 Å². The van der Waals surface area contributed by atoms with Gasteiger partial charge in [-0.2, -0.15) is 0 Å². The lowest BCUT2D eigenvalue weighted by molar-refractivity contribution is -0.127. The molecular weight excluding hydrogens is 328 g/mol. The van der Waals surface area contributed by atoms with Gasteiger partial charge in [0.15, 0.2) is 0 Å². The molecule has 0 amide bonds. The van der Waals surface area contributed by atoms with E-state index in [1.54, 1.807) is 24.3 Å². The maximum atomic E-state index is 12.7. The summed E-state index contributed by atoms with van der Waals surface area (Å²) in [5, 5.41) is 6.50. The van der Waals surface area contributed by atoms with E-state index in [4.69, 9.17) is 14.0 Å². The molecule has 24 heavy (non-hydrogen) atoms. The number of fused-ring (bicyclic) bond motifs is 1. The first-order valence-electron chi connectivity index (χ1n) is 7.61. The van der Waals surface area contributed by atoms with Gasteiger partial charge in [0.1, 0.15) is 6.61 Å². The minimum Gasteiger partial charge on any atom is -0.461 e. The van der Waals surface area contributed by atoms with Crippen LogP contribution in [-0.2, 0) is 9.47 Å². The van der Waals surface area contributed by atoms with E-state index in [9.17, 15) is 4.79 Å². The van der Waals surface area contributed by atoms with Crippen LogP contribution in [0.15, 0.2) is 28.1 Å². The Bertz CT molecular complexity index is 897. The fraction of sp³-hybridized carbons (Fsp3) is 0.353. The molecule has 1 fully saturated rings. The van der Waals surface area contributed by atoms with E-state index < -0.39 is 0 Å². The Morgan fingerprint density at radius 3 is 2.96 bits per heavy atom. The first-order chi connectivity index (χ1) is 11.6. The highest BCUT2D eigenvalue weighted by molar-refractivity contribution is 7.13. The molecule has 0 spiro atoms. The van der Waals surface area contributed by atoms with Crippen molar-refractivity contribution in [3.8, 4) is 10.6 Å². The number of nitrogens with zero attached hydrogens (tertiary/aromatic N) is 2. The predicted octanol–water partition coefficient (Wildman–Crippen LogP) is 3.45. The van der Waals surface area contributed by atoms with Gasteiger partial charge in [-0.05, 0) is 24.4 Å². The Morgan fingerprint density at radius 2 is 2.29 bits per heavy atom. The van der Waals surface area contributed by atoms with Crippen molar-refractivity contribution >= 4 is 28.4 Å². The van der Waals surface area contributed by atoms with Gasteiger partial charge < -0.3 is 14.0 Å². The van der Waals surface area contributed by atoms with Crippen LogP contribution in [0.4, 0.5) is 0 Å². The second-order valence-electron chi connectivity index (χ2n) is 6.36. The number of hydrogen-bond donors (Lipinski definition) is 0. The summed E-state index contributed by atoms with van der Waals surface area (Å²) in [4.78, 5) is 18.1. The van der Waals surface area contributed by atoms with E-state index in [2.05, 4.69) is 10.1 Å². The van der Waals surface area contributed by atoms with Crippen LogP contribution in [-0.4, -0.2) is 35.9 Å². The zero-order chi connectivity index (χ0) is 16.7. The summed E-state index contributed by atoms with van der Waals surface area (Å²) in [5.74, 6) is -0.389. The van der Waals surface area contributed by atoms with Crippen LogP contribution in [0.25, 0.3) is 21.7 Å². The van der Waals surface area contributed by atoms with Gasteiger partial charge >= 0.3 is 5.97 Å². The SMILES string of the molecule is Cc1noc2nc(-c3cccs3)cc(C(=O)OCC3(C)COC3)c12. The monoisotopic (exact) mass is 344 g/mol. The zero-order valence-electron chi connectivity index (χ0n) is 13.4. The molecule has 0 saturated carbocycles. The first kappa shape index (κ1) is 15.3. The molecule has 6 nitrogen and oxygen atoms in total. The molecule has 0 unspecified atom stereocenters. The van der Waals surface area contributed by atoms with Crippen molar-refractivity contribution in [3.05, 3.63) is 34.8 Å². The summed E-state index contributed by atoms with van der Waals surface area (Å²) in [6, 6.07) is 5.64. The van der Waals surface area contributed by atoms with Gasteiger partial charge in [-0.25, -0.2) is 9.78 Å². The first-order valence-corrected chi connectivity index (χ1v) is 8.49. The molecule has 1 aliphatic heterocycles. The van der Waals surface area contributed by atoms with Crippen molar-refractivity contribution in [1.82, 2.24) is 10.1 Å². The summed E-state index contributed by atoms with van der Waals surface area (Å²) in [5.41, 5.74) is 2.00. The lowest BCUT2D eigenvalue weighted by atomic mass is 9.90. The summed E-state index contributed by atoms with van der Waals surface area (Å²) in [6.07, 6.45) is 0. The van der Waals surface area contributed by atoms with Crippen LogP contribution in [0.5, 0.6) is 0 Å². The van der Waals surface area contributed by atoms with Crippen molar-refractivity contribution in [2.24, 2.45) is 5.41 Å². The maximum absolute atomic E-state index is 12.7. The van der Waals surface area contributed by atoms with Crippen molar-refractivity contribution in [2.45, 2.75) is 13.8 Å². The summed E-state index contributed by atoms with van der Waals surface area (Å²) < 4.78 is 16.0. The molecule has 4 heterocycles. The highest BCUT2D eigenvalue weighted by Crippen LogP contribution is 2.31. The molecule has 124 valence electrons. The largest absolute Gasteiger partial charge is 0.461 e. The normalized spacial score (nSPS) is 16.1. The molecule has 1 aliphatic rings. The second kappa shape index (κ2) is 5.68. The number of hydrogen-bond acceptors (Lipinski definition) is 7. The number of ether oxygens (including phenoxy) is 2. The van der Waals surface area contributed by atoms with Crippen LogP contribution in [0.2, 0.25) is 0 Å². The number of carbonyl (C=O) groups is 1. The van der Waals surface area contributed by atoms with Gasteiger partial charge in [0.2, 0.25) is 0 Å². The molecule has 3 aromatic heterocycles. The number of rotatable bonds is 4. The molecule has 0 N–H and O–H groups in total. The highest BCUT2D eigenvalue weighted by Gasteiger charge is 2.35. The molecule has 0 bridgehead atoms. The summed E-state index contributed by atoms with van der Waals surface area (Å²) in [6.45, 7) is 5.37. The number of pyridine rings is 1. The van der Waals surface area contributed by atoms with Gasteiger partial charge in [-0.3, -0.25) is 0 Å². The van der Waals surface area contributed by atoms with Crippen molar-refractivity contribution in [1.29, 1.82) is 0 Å². The average Bonchev–Trinajstić information content (AvgIpc) is 3.20. The third-order valence-corrected chi connectivity index (χ3v) is 4.96. The fourth-order valence-electron chi connectivity index (χ4n) is 2.66. The molecule has 0 aliphatic carbocycles. The highest BCUT2D eigenvalue weighted by atomic mass is 32.1. The van der Waals surface area contributed by atoms with Crippen molar-refractivity contribution < 1.29 is 18.8 Å². The van der Waals surface area contributed by atoms with Crippen LogP contribution < -0.4 is 0 Å². The molecule has 1 saturated heterocycles. The van der Waals surface area contributed by atoms with E-state index in [0.29, 0.717) is 47.9 Å². The van der Waals surface area contributed by atoms with E-state index in [-0.39, 0.29) is 11.4 Å².